The van der Waals surface area contributed by atoms with Gasteiger partial charge in [0.25, 0.3) is 0 Å². The summed E-state index contributed by atoms with van der Waals surface area (Å²) in [6.45, 7) is 8.90. The Balaban J connectivity index is 1.43. The molecule has 1 aromatic rings. The molecular formula is C19H34N6O3S. The highest BCUT2D eigenvalue weighted by atomic mass is 32.2. The zero-order valence-electron chi connectivity index (χ0n) is 17.6. The number of guanidine groups is 1. The highest BCUT2D eigenvalue weighted by Crippen LogP contribution is 2.17. The summed E-state index contributed by atoms with van der Waals surface area (Å²) in [4.78, 5) is 9.11. The number of hydrogen-bond donors (Lipinski definition) is 1. The normalized spacial score (nSPS) is 20.9. The molecule has 0 radical (unpaired) electrons. The lowest BCUT2D eigenvalue weighted by atomic mass is 9.97. The molecule has 3 heterocycles. The predicted octanol–water partition coefficient (Wildman–Crippen LogP) is 0.819. The fraction of sp³-hybridized carbons (Fsp3) is 0.789. The van der Waals surface area contributed by atoms with Crippen molar-refractivity contribution in [3.63, 3.8) is 0 Å². The predicted molar refractivity (Wildman–Crippen MR) is 113 cm³/mol. The fourth-order valence-corrected chi connectivity index (χ4v) is 5.49. The number of aliphatic imine (C=N–C) groups is 1. The van der Waals surface area contributed by atoms with Crippen molar-refractivity contribution in [2.24, 2.45) is 10.9 Å². The van der Waals surface area contributed by atoms with E-state index in [1.807, 2.05) is 0 Å². The molecule has 0 amide bonds. The van der Waals surface area contributed by atoms with Crippen LogP contribution in [0.15, 0.2) is 21.8 Å². The minimum atomic E-state index is -3.38. The molecule has 164 valence electrons. The van der Waals surface area contributed by atoms with Gasteiger partial charge in [-0.15, -0.1) is 0 Å². The van der Waals surface area contributed by atoms with Gasteiger partial charge in [-0.2, -0.15) is 4.31 Å². The summed E-state index contributed by atoms with van der Waals surface area (Å²) in [5.74, 6) is 1.42. The molecule has 0 aromatic carbocycles. The van der Waals surface area contributed by atoms with Crippen LogP contribution in [-0.2, 0) is 15.8 Å². The van der Waals surface area contributed by atoms with E-state index in [1.54, 1.807) is 13.1 Å². The van der Waals surface area contributed by atoms with Crippen molar-refractivity contribution in [2.45, 2.75) is 31.9 Å². The van der Waals surface area contributed by atoms with Crippen LogP contribution in [0.5, 0.6) is 0 Å². The molecule has 29 heavy (non-hydrogen) atoms. The number of nitrogens with one attached hydrogen (secondary N) is 1. The van der Waals surface area contributed by atoms with Gasteiger partial charge in [-0.05, 0) is 44.8 Å². The largest absolute Gasteiger partial charge is 0.364 e. The van der Waals surface area contributed by atoms with Crippen molar-refractivity contribution in [1.82, 2.24) is 24.6 Å². The molecule has 0 spiro atoms. The Labute approximate surface area is 174 Å². The average molecular weight is 427 g/mol. The Morgan fingerprint density at radius 3 is 2.55 bits per heavy atom. The van der Waals surface area contributed by atoms with Gasteiger partial charge in [0.15, 0.2) is 5.96 Å². The third-order valence-corrected chi connectivity index (χ3v) is 7.57. The molecule has 3 rings (SSSR count). The molecule has 0 bridgehead atoms. The van der Waals surface area contributed by atoms with Crippen LogP contribution < -0.4 is 5.32 Å². The number of piperazine rings is 1. The van der Waals surface area contributed by atoms with Crippen LogP contribution >= 0.6 is 0 Å². The second-order valence-electron chi connectivity index (χ2n) is 7.85. The van der Waals surface area contributed by atoms with Gasteiger partial charge in [0.05, 0.1) is 5.69 Å². The van der Waals surface area contributed by atoms with Crippen molar-refractivity contribution >= 4 is 16.0 Å². The molecule has 0 unspecified atom stereocenters. The summed E-state index contributed by atoms with van der Waals surface area (Å²) in [5.41, 5.74) is 0.440. The van der Waals surface area contributed by atoms with Gasteiger partial charge in [0.2, 0.25) is 10.0 Å². The third kappa shape index (κ3) is 6.16. The molecule has 1 aromatic heterocycles. The molecule has 1 N–H and O–H groups in total. The van der Waals surface area contributed by atoms with Crippen LogP contribution in [-0.4, -0.2) is 93.0 Å². The van der Waals surface area contributed by atoms with E-state index in [9.17, 15) is 8.42 Å². The first-order valence-electron chi connectivity index (χ1n) is 10.6. The summed E-state index contributed by atoms with van der Waals surface area (Å²) >= 11 is 0. The van der Waals surface area contributed by atoms with E-state index in [0.717, 1.165) is 12.5 Å². The Kier molecular flexibility index (Phi) is 7.91. The third-order valence-electron chi connectivity index (χ3n) is 5.76. The summed E-state index contributed by atoms with van der Waals surface area (Å²) in [7, 11) is -1.59. The van der Waals surface area contributed by atoms with Gasteiger partial charge in [0.1, 0.15) is 12.0 Å². The maximum absolute atomic E-state index is 12.6. The standard InChI is InChI=1S/C19H34N6O3S/c1-3-7-23-8-4-17(5-9-23)15-21-19(20-2)24-10-12-25(13-11-24)29(26,27)16-18-6-14-28-22-18/h6,14,17H,3-5,7-13,15-16H2,1-2H3,(H,20,21). The van der Waals surface area contributed by atoms with Crippen LogP contribution in [0.25, 0.3) is 0 Å². The number of likely N-dealkylation sites (tertiary alicyclic amines) is 1. The van der Waals surface area contributed by atoms with Gasteiger partial charge < -0.3 is 19.6 Å². The number of rotatable bonds is 7. The maximum atomic E-state index is 12.6. The molecule has 0 atom stereocenters. The van der Waals surface area contributed by atoms with Crippen LogP contribution in [0.3, 0.4) is 0 Å². The van der Waals surface area contributed by atoms with E-state index in [0.29, 0.717) is 37.8 Å². The van der Waals surface area contributed by atoms with Gasteiger partial charge in [-0.25, -0.2) is 8.42 Å². The van der Waals surface area contributed by atoms with E-state index >= 15 is 0 Å². The van der Waals surface area contributed by atoms with E-state index in [4.69, 9.17) is 4.52 Å². The SMILES string of the molecule is CCCN1CCC(CNC(=NC)N2CCN(S(=O)(=O)Cc3ccon3)CC2)CC1. The topological polar surface area (TPSA) is 94.3 Å². The van der Waals surface area contributed by atoms with Crippen LogP contribution in [0.2, 0.25) is 0 Å². The van der Waals surface area contributed by atoms with Crippen molar-refractivity contribution in [2.75, 3.05) is 59.4 Å². The molecule has 9 nitrogen and oxygen atoms in total. The van der Waals surface area contributed by atoms with Crippen molar-refractivity contribution in [3.05, 3.63) is 18.0 Å². The minimum absolute atomic E-state index is 0.118. The van der Waals surface area contributed by atoms with Crippen molar-refractivity contribution in [3.8, 4) is 0 Å². The van der Waals surface area contributed by atoms with Gasteiger partial charge in [-0.1, -0.05) is 12.1 Å². The quantitative estimate of drug-likeness (QED) is 0.509. The molecule has 0 saturated carbocycles. The van der Waals surface area contributed by atoms with E-state index < -0.39 is 10.0 Å². The van der Waals surface area contributed by atoms with Crippen LogP contribution in [0.1, 0.15) is 31.9 Å². The lowest BCUT2D eigenvalue weighted by Gasteiger charge is -2.37. The van der Waals surface area contributed by atoms with Gasteiger partial charge in [0, 0.05) is 45.8 Å². The molecule has 0 aliphatic carbocycles. The van der Waals surface area contributed by atoms with E-state index in [-0.39, 0.29) is 5.75 Å². The first-order chi connectivity index (χ1) is 14.0. The summed E-state index contributed by atoms with van der Waals surface area (Å²) in [5, 5.41) is 7.23. The number of hydrogen-bond acceptors (Lipinski definition) is 6. The van der Waals surface area contributed by atoms with Gasteiger partial charge in [-0.3, -0.25) is 4.99 Å². The Bertz CT molecular complexity index is 736. The minimum Gasteiger partial charge on any atom is -0.364 e. The zero-order valence-corrected chi connectivity index (χ0v) is 18.4. The first kappa shape index (κ1) is 22.0. The van der Waals surface area contributed by atoms with E-state index in [2.05, 4.69) is 32.2 Å². The van der Waals surface area contributed by atoms with Gasteiger partial charge >= 0.3 is 0 Å². The maximum Gasteiger partial charge on any atom is 0.220 e. The zero-order chi connectivity index (χ0) is 20.7. The molecule has 2 saturated heterocycles. The summed E-state index contributed by atoms with van der Waals surface area (Å²) in [6.07, 6.45) is 5.05. The first-order valence-corrected chi connectivity index (χ1v) is 12.2. The second kappa shape index (κ2) is 10.4. The number of aromatic nitrogens is 1. The monoisotopic (exact) mass is 426 g/mol. The molecule has 2 aliphatic heterocycles. The Morgan fingerprint density at radius 1 is 1.24 bits per heavy atom. The Morgan fingerprint density at radius 2 is 1.97 bits per heavy atom. The smallest absolute Gasteiger partial charge is 0.220 e. The van der Waals surface area contributed by atoms with Crippen LogP contribution in [0.4, 0.5) is 0 Å². The molecule has 10 heteroatoms. The average Bonchev–Trinajstić information content (AvgIpc) is 3.22. The second-order valence-corrected chi connectivity index (χ2v) is 9.82. The highest BCUT2D eigenvalue weighted by Gasteiger charge is 2.29. The van der Waals surface area contributed by atoms with Crippen molar-refractivity contribution < 1.29 is 12.9 Å². The highest BCUT2D eigenvalue weighted by molar-refractivity contribution is 7.88. The summed E-state index contributed by atoms with van der Waals surface area (Å²) < 4.78 is 31.4. The number of nitrogens with zero attached hydrogens (tertiary/aromatic N) is 5. The van der Waals surface area contributed by atoms with E-state index in [1.165, 1.54) is 49.5 Å². The fourth-order valence-electron chi connectivity index (χ4n) is 4.07. The molecule has 2 fully saturated rings. The molecule has 2 aliphatic rings. The van der Waals surface area contributed by atoms with Crippen LogP contribution in [0, 0.1) is 5.92 Å². The van der Waals surface area contributed by atoms with Crippen molar-refractivity contribution in [1.29, 1.82) is 0 Å². The lowest BCUT2D eigenvalue weighted by Crippen LogP contribution is -2.54. The Hall–Kier alpha value is -1.65. The lowest BCUT2D eigenvalue weighted by molar-refractivity contribution is 0.184. The number of sulfonamides is 1. The number of piperidine rings is 1. The molecular weight excluding hydrogens is 392 g/mol. The summed E-state index contributed by atoms with van der Waals surface area (Å²) in [6, 6.07) is 1.59.